The van der Waals surface area contributed by atoms with E-state index in [1.807, 2.05) is 0 Å². The van der Waals surface area contributed by atoms with Crippen molar-refractivity contribution in [3.63, 3.8) is 0 Å². The average molecular weight is 554 g/mol. The molecule has 0 aliphatic carbocycles. The van der Waals surface area contributed by atoms with E-state index in [0.29, 0.717) is 12.8 Å². The van der Waals surface area contributed by atoms with Crippen LogP contribution in [0.15, 0.2) is 61.2 Å². The standard InChI is InChI=1S/C28H30N2.2BrH/c1-7-9-27(29-17-15-21(3)23(5)19-29)25-11-13-26(14-12-25)28(10-8-2)30-18-16-22(4)24(6)20-30;;/h1-2,11-20,27-28H,9-10H2,3-6H3;2*1H/q+2;;/p-2. The van der Waals surface area contributed by atoms with Crippen molar-refractivity contribution in [2.75, 3.05) is 0 Å². The Labute approximate surface area is 214 Å². The Morgan fingerprint density at radius 2 is 0.969 bits per heavy atom. The lowest BCUT2D eigenvalue weighted by atomic mass is 9.97. The fraction of sp³-hybridized carbons (Fsp3) is 0.286. The van der Waals surface area contributed by atoms with Crippen LogP contribution in [0.1, 0.15) is 58.3 Å². The van der Waals surface area contributed by atoms with Gasteiger partial charge in [-0.1, -0.05) is 36.1 Å². The first kappa shape index (κ1) is 27.6. The Hall–Kier alpha value is -2.40. The lowest BCUT2D eigenvalue weighted by Crippen LogP contribution is -3.00. The molecule has 2 nitrogen and oxygen atoms in total. The topological polar surface area (TPSA) is 7.76 Å². The normalized spacial score (nSPS) is 11.8. The number of hydrogen-bond acceptors (Lipinski definition) is 0. The fourth-order valence-electron chi connectivity index (χ4n) is 3.74. The van der Waals surface area contributed by atoms with Crippen molar-refractivity contribution in [2.45, 2.75) is 52.6 Å². The van der Waals surface area contributed by atoms with Crippen molar-refractivity contribution in [1.82, 2.24) is 0 Å². The van der Waals surface area contributed by atoms with Gasteiger partial charge in [-0.15, -0.1) is 12.8 Å². The molecule has 0 N–H and O–H groups in total. The summed E-state index contributed by atoms with van der Waals surface area (Å²) in [6.45, 7) is 8.52. The maximum Gasteiger partial charge on any atom is 0.194 e. The summed E-state index contributed by atoms with van der Waals surface area (Å²) in [5.74, 6) is 5.68. The van der Waals surface area contributed by atoms with Gasteiger partial charge >= 0.3 is 0 Å². The number of pyridine rings is 2. The molecule has 0 aliphatic rings. The van der Waals surface area contributed by atoms with Gasteiger partial charge in [-0.2, -0.15) is 9.13 Å². The number of aromatic nitrogens is 2. The summed E-state index contributed by atoms with van der Waals surface area (Å²) in [6, 6.07) is 13.3. The minimum Gasteiger partial charge on any atom is -1.00 e. The zero-order chi connectivity index (χ0) is 21.7. The third-order valence-corrected chi connectivity index (χ3v) is 5.97. The minimum absolute atomic E-state index is 0. The van der Waals surface area contributed by atoms with E-state index < -0.39 is 0 Å². The summed E-state index contributed by atoms with van der Waals surface area (Å²) in [5.41, 5.74) is 7.49. The van der Waals surface area contributed by atoms with Crippen LogP contribution in [0.25, 0.3) is 0 Å². The summed E-state index contributed by atoms with van der Waals surface area (Å²) in [7, 11) is 0. The van der Waals surface area contributed by atoms with Gasteiger partial charge in [0.2, 0.25) is 0 Å². The maximum atomic E-state index is 5.70. The molecule has 0 bridgehead atoms. The minimum atomic E-state index is 0. The molecule has 3 aromatic rings. The van der Waals surface area contributed by atoms with E-state index in [2.05, 4.69) is 110 Å². The number of rotatable bonds is 6. The van der Waals surface area contributed by atoms with Crippen molar-refractivity contribution in [3.8, 4) is 24.7 Å². The van der Waals surface area contributed by atoms with E-state index in [9.17, 15) is 0 Å². The summed E-state index contributed by atoms with van der Waals surface area (Å²) in [6.07, 6.45) is 21.3. The highest BCUT2D eigenvalue weighted by molar-refractivity contribution is 5.28. The molecule has 32 heavy (non-hydrogen) atoms. The van der Waals surface area contributed by atoms with Crippen LogP contribution in [0, 0.1) is 52.4 Å². The zero-order valence-electron chi connectivity index (χ0n) is 19.1. The Kier molecular flexibility index (Phi) is 10.9. The van der Waals surface area contributed by atoms with Crippen LogP contribution in [-0.2, 0) is 0 Å². The van der Waals surface area contributed by atoms with Crippen LogP contribution >= 0.6 is 0 Å². The number of terminal acetylenes is 2. The van der Waals surface area contributed by atoms with Crippen LogP contribution in [0.4, 0.5) is 0 Å². The molecule has 1 aromatic carbocycles. The summed E-state index contributed by atoms with van der Waals surface area (Å²) in [5, 5.41) is 0. The van der Waals surface area contributed by atoms with Gasteiger partial charge in [-0.25, -0.2) is 0 Å². The molecule has 4 heteroatoms. The van der Waals surface area contributed by atoms with Crippen LogP contribution in [0.5, 0.6) is 0 Å². The van der Waals surface area contributed by atoms with Gasteiger partial charge in [0.25, 0.3) is 0 Å². The number of halogens is 2. The third-order valence-electron chi connectivity index (χ3n) is 5.97. The van der Waals surface area contributed by atoms with E-state index in [4.69, 9.17) is 12.8 Å². The monoisotopic (exact) mass is 552 g/mol. The molecule has 2 aromatic heterocycles. The average Bonchev–Trinajstić information content (AvgIpc) is 2.75. The first-order valence-corrected chi connectivity index (χ1v) is 10.4. The van der Waals surface area contributed by atoms with Gasteiger partial charge < -0.3 is 34.0 Å². The van der Waals surface area contributed by atoms with Crippen molar-refractivity contribution < 1.29 is 43.1 Å². The Morgan fingerprint density at radius 3 is 1.25 bits per heavy atom. The van der Waals surface area contributed by atoms with E-state index >= 15 is 0 Å². The zero-order valence-corrected chi connectivity index (χ0v) is 22.3. The van der Waals surface area contributed by atoms with Gasteiger partial charge in [0.05, 0.1) is 12.8 Å². The molecule has 0 saturated heterocycles. The lowest BCUT2D eigenvalue weighted by Gasteiger charge is -2.15. The molecule has 2 heterocycles. The molecule has 2 atom stereocenters. The van der Waals surface area contributed by atoms with Gasteiger partial charge in [-0.05, 0) is 38.8 Å². The van der Waals surface area contributed by atoms with E-state index in [1.54, 1.807) is 0 Å². The van der Waals surface area contributed by atoms with Gasteiger partial charge in [-0.3, -0.25) is 0 Å². The molecule has 0 fully saturated rings. The molecule has 0 radical (unpaired) electrons. The molecule has 3 rings (SSSR count). The van der Waals surface area contributed by atoms with Crippen LogP contribution in [0.3, 0.4) is 0 Å². The molecule has 2 unspecified atom stereocenters. The second-order valence-corrected chi connectivity index (χ2v) is 8.03. The van der Waals surface area contributed by atoms with Gasteiger partial charge in [0.15, 0.2) is 36.9 Å². The predicted octanol–water partition coefficient (Wildman–Crippen LogP) is -1.27. The molecule has 0 amide bonds. The SMILES string of the molecule is C#CCC(c1ccc(C(CC#C)[n+]2ccc(C)c(C)c2)cc1)[n+]1ccc(C)c(C)c1.[Br-].[Br-]. The largest absolute Gasteiger partial charge is 1.00 e. The van der Waals surface area contributed by atoms with Crippen LogP contribution < -0.4 is 43.1 Å². The molecule has 0 saturated carbocycles. The highest BCUT2D eigenvalue weighted by Crippen LogP contribution is 2.22. The summed E-state index contributed by atoms with van der Waals surface area (Å²) >= 11 is 0. The second-order valence-electron chi connectivity index (χ2n) is 8.03. The van der Waals surface area contributed by atoms with Crippen LogP contribution in [-0.4, -0.2) is 0 Å². The number of hydrogen-bond donors (Lipinski definition) is 0. The highest BCUT2D eigenvalue weighted by atomic mass is 79.9. The summed E-state index contributed by atoms with van der Waals surface area (Å²) < 4.78 is 4.43. The highest BCUT2D eigenvalue weighted by Gasteiger charge is 2.24. The van der Waals surface area contributed by atoms with Gasteiger partial charge in [0, 0.05) is 34.4 Å². The first-order chi connectivity index (χ1) is 14.4. The van der Waals surface area contributed by atoms with Gasteiger partial charge in [0.1, 0.15) is 0 Å². The number of nitrogens with zero attached hydrogens (tertiary/aromatic N) is 2. The molecule has 0 aliphatic heterocycles. The predicted molar refractivity (Wildman–Crippen MR) is 122 cm³/mol. The van der Waals surface area contributed by atoms with Crippen molar-refractivity contribution in [2.24, 2.45) is 0 Å². The Bertz CT molecular complexity index is 1030. The molecule has 0 spiro atoms. The van der Waals surface area contributed by atoms with E-state index in [0.717, 1.165) is 0 Å². The fourth-order valence-corrected chi connectivity index (χ4v) is 3.74. The maximum absolute atomic E-state index is 5.70. The summed E-state index contributed by atoms with van der Waals surface area (Å²) in [4.78, 5) is 0. The Balaban J connectivity index is 0.00000256. The number of benzene rings is 1. The molecule has 166 valence electrons. The number of aryl methyl sites for hydroxylation is 4. The first-order valence-electron chi connectivity index (χ1n) is 10.4. The van der Waals surface area contributed by atoms with E-state index in [-0.39, 0.29) is 46.0 Å². The lowest BCUT2D eigenvalue weighted by molar-refractivity contribution is -0.714. The van der Waals surface area contributed by atoms with E-state index in [1.165, 1.54) is 33.4 Å². The Morgan fingerprint density at radius 1 is 0.625 bits per heavy atom. The van der Waals surface area contributed by atoms with Crippen molar-refractivity contribution >= 4 is 0 Å². The van der Waals surface area contributed by atoms with Crippen molar-refractivity contribution in [1.29, 1.82) is 0 Å². The van der Waals surface area contributed by atoms with Crippen LogP contribution in [0.2, 0.25) is 0 Å². The third kappa shape index (κ3) is 6.32. The smallest absolute Gasteiger partial charge is 0.194 e. The van der Waals surface area contributed by atoms with Crippen molar-refractivity contribution in [3.05, 3.63) is 94.6 Å². The second kappa shape index (κ2) is 12.6. The molecular formula is C28H30Br2N2. The molecular weight excluding hydrogens is 524 g/mol. The quantitative estimate of drug-likeness (QED) is 0.266.